The van der Waals surface area contributed by atoms with Gasteiger partial charge in [0.1, 0.15) is 6.10 Å². The van der Waals surface area contributed by atoms with Crippen LogP contribution in [0.1, 0.15) is 71.6 Å². The van der Waals surface area contributed by atoms with Gasteiger partial charge in [0.15, 0.2) is 0 Å². The van der Waals surface area contributed by atoms with Gasteiger partial charge in [0.05, 0.1) is 27.9 Å². The maximum atomic E-state index is 12.5. The highest BCUT2D eigenvalue weighted by Crippen LogP contribution is 2.43. The molecule has 8 nitrogen and oxygen atoms in total. The molecule has 0 saturated heterocycles. The summed E-state index contributed by atoms with van der Waals surface area (Å²) in [5, 5.41) is 22.3. The average molecular weight is 420 g/mol. The third-order valence-electron chi connectivity index (χ3n) is 6.20. The number of hydrogen-bond donors (Lipinski definition) is 2. The molecule has 0 aromatic heterocycles. The summed E-state index contributed by atoms with van der Waals surface area (Å²) in [4.78, 5) is 49.7. The Morgan fingerprint density at radius 1 is 0.867 bits per heavy atom. The Morgan fingerprint density at radius 2 is 1.47 bits per heavy atom. The van der Waals surface area contributed by atoms with Crippen molar-refractivity contribution in [2.45, 2.75) is 83.3 Å². The molecule has 164 valence electrons. The molecule has 0 aromatic rings. The lowest BCUT2D eigenvalue weighted by molar-refractivity contribution is -0.153. The van der Waals surface area contributed by atoms with Gasteiger partial charge in [-0.2, -0.15) is 0 Å². The van der Waals surface area contributed by atoms with Crippen LogP contribution < -0.4 is 0 Å². The topological polar surface area (TPSA) is 127 Å². The zero-order chi connectivity index (χ0) is 22.1. The second-order valence-corrected chi connectivity index (χ2v) is 8.32. The highest BCUT2D eigenvalue weighted by molar-refractivity contribution is 6.15. The monoisotopic (exact) mass is 420 g/mol. The van der Waals surface area contributed by atoms with Crippen molar-refractivity contribution in [3.8, 4) is 0 Å². The molecular weight excluding hydrogens is 392 g/mol. The summed E-state index contributed by atoms with van der Waals surface area (Å²) >= 11 is 0. The van der Waals surface area contributed by atoms with Gasteiger partial charge in [0.2, 0.25) is 0 Å². The van der Waals surface area contributed by atoms with Crippen molar-refractivity contribution in [1.29, 1.82) is 0 Å². The number of carbonyl (C=O) groups excluding carboxylic acids is 4. The normalized spacial score (nSPS) is 29.3. The third kappa shape index (κ3) is 3.98. The Kier molecular flexibility index (Phi) is 6.57. The first-order chi connectivity index (χ1) is 14.2. The number of esters is 4. The summed E-state index contributed by atoms with van der Waals surface area (Å²) in [7, 11) is 0. The van der Waals surface area contributed by atoms with Crippen LogP contribution in [0.5, 0.6) is 0 Å². The van der Waals surface area contributed by atoms with E-state index in [1.807, 2.05) is 13.8 Å². The zero-order valence-corrected chi connectivity index (χ0v) is 17.4. The van der Waals surface area contributed by atoms with Crippen LogP contribution in [0.4, 0.5) is 0 Å². The average Bonchev–Trinajstić information content (AvgIpc) is 3.13. The minimum Gasteiger partial charge on any atom is -0.386 e. The molecule has 2 N–H and O–H groups in total. The predicted molar refractivity (Wildman–Crippen MR) is 104 cm³/mol. The fourth-order valence-electron chi connectivity index (χ4n) is 4.53. The van der Waals surface area contributed by atoms with E-state index in [0.29, 0.717) is 19.3 Å². The minimum atomic E-state index is -1.91. The lowest BCUT2D eigenvalue weighted by Crippen LogP contribution is -2.45. The summed E-state index contributed by atoms with van der Waals surface area (Å²) in [6.07, 6.45) is 2.25. The highest BCUT2D eigenvalue weighted by atomic mass is 16.6. The summed E-state index contributed by atoms with van der Waals surface area (Å²) in [5.74, 6) is -4.04. The fourth-order valence-corrected chi connectivity index (χ4v) is 4.53. The van der Waals surface area contributed by atoms with Crippen LogP contribution in [0.2, 0.25) is 0 Å². The fraction of sp³-hybridized carbons (Fsp3) is 0.636. The molecule has 0 fully saturated rings. The number of rotatable bonds is 7. The van der Waals surface area contributed by atoms with Crippen molar-refractivity contribution < 1.29 is 38.9 Å². The number of aliphatic hydroxyl groups is 2. The highest BCUT2D eigenvalue weighted by Gasteiger charge is 2.51. The molecule has 8 heteroatoms. The Balaban J connectivity index is 2.15. The van der Waals surface area contributed by atoms with Crippen LogP contribution in [-0.2, 0) is 28.7 Å². The van der Waals surface area contributed by atoms with Gasteiger partial charge in [-0.05, 0) is 25.2 Å². The van der Waals surface area contributed by atoms with Crippen LogP contribution >= 0.6 is 0 Å². The second kappa shape index (κ2) is 8.81. The van der Waals surface area contributed by atoms with Crippen molar-refractivity contribution >= 4 is 23.9 Å². The van der Waals surface area contributed by atoms with E-state index in [2.05, 4.69) is 0 Å². The maximum Gasteiger partial charge on any atom is 0.345 e. The number of hydrogen-bond acceptors (Lipinski definition) is 8. The van der Waals surface area contributed by atoms with Crippen LogP contribution in [0.3, 0.4) is 0 Å². The van der Waals surface area contributed by atoms with E-state index in [1.165, 1.54) is 0 Å². The van der Waals surface area contributed by atoms with Gasteiger partial charge in [-0.15, -0.1) is 0 Å². The lowest BCUT2D eigenvalue weighted by Gasteiger charge is -2.33. The molecule has 0 radical (unpaired) electrons. The number of aliphatic hydroxyl groups excluding tert-OH is 1. The van der Waals surface area contributed by atoms with E-state index in [0.717, 1.165) is 19.3 Å². The molecule has 1 aliphatic carbocycles. The molecule has 0 bridgehead atoms. The summed E-state index contributed by atoms with van der Waals surface area (Å²) in [6, 6.07) is 0. The van der Waals surface area contributed by atoms with E-state index in [9.17, 15) is 29.4 Å². The maximum absolute atomic E-state index is 12.5. The van der Waals surface area contributed by atoms with Crippen LogP contribution in [0.15, 0.2) is 22.3 Å². The molecule has 3 atom stereocenters. The lowest BCUT2D eigenvalue weighted by atomic mass is 9.80. The summed E-state index contributed by atoms with van der Waals surface area (Å²) < 4.78 is 9.58. The van der Waals surface area contributed by atoms with Crippen molar-refractivity contribution in [1.82, 2.24) is 0 Å². The summed E-state index contributed by atoms with van der Waals surface area (Å²) in [6.45, 7) is 3.92. The van der Waals surface area contributed by atoms with E-state index in [-0.39, 0.29) is 41.6 Å². The van der Waals surface area contributed by atoms with Gasteiger partial charge in [-0.3, -0.25) is 0 Å². The molecule has 3 aliphatic rings. The van der Waals surface area contributed by atoms with Crippen molar-refractivity contribution in [2.75, 3.05) is 0 Å². The first-order valence-electron chi connectivity index (χ1n) is 10.6. The zero-order valence-electron chi connectivity index (χ0n) is 17.4. The molecule has 0 amide bonds. The van der Waals surface area contributed by atoms with E-state index in [4.69, 9.17) is 9.47 Å². The molecule has 0 aromatic carbocycles. The largest absolute Gasteiger partial charge is 0.386 e. The van der Waals surface area contributed by atoms with E-state index < -0.39 is 41.5 Å². The van der Waals surface area contributed by atoms with E-state index in [1.54, 1.807) is 0 Å². The smallest absolute Gasteiger partial charge is 0.345 e. The van der Waals surface area contributed by atoms with Gasteiger partial charge in [-0.25, -0.2) is 19.2 Å². The number of ether oxygens (including phenoxy) is 2. The molecule has 0 saturated carbocycles. The third-order valence-corrected chi connectivity index (χ3v) is 6.20. The van der Waals surface area contributed by atoms with Gasteiger partial charge < -0.3 is 19.7 Å². The van der Waals surface area contributed by atoms with Crippen molar-refractivity contribution in [3.63, 3.8) is 0 Å². The van der Waals surface area contributed by atoms with Crippen molar-refractivity contribution in [3.05, 3.63) is 22.3 Å². The molecule has 2 heterocycles. The Labute approximate surface area is 174 Å². The molecule has 30 heavy (non-hydrogen) atoms. The SMILES string of the molecule is CCCCCC1CC2=C(C(=O)OC2=O)C(O)C(O)(CCCC)CC2=C1C(=O)OC2=O. The quantitative estimate of drug-likeness (QED) is 0.364. The van der Waals surface area contributed by atoms with Gasteiger partial charge in [0, 0.05) is 6.42 Å². The first kappa shape index (κ1) is 22.4. The predicted octanol–water partition coefficient (Wildman–Crippen LogP) is 2.02. The van der Waals surface area contributed by atoms with Crippen molar-refractivity contribution in [2.24, 2.45) is 5.92 Å². The standard InChI is InChI=1S/C22H28O8/c1-3-5-7-8-12-10-13-16(21(27)29-18(13)24)17(23)22(28,9-6-4-2)11-14-15(12)20(26)30-19(14)25/h12,17,23,28H,3-11H2,1-2H3. The Morgan fingerprint density at radius 3 is 2.10 bits per heavy atom. The number of cyclic esters (lactones) is 4. The Bertz CT molecular complexity index is 836. The number of carbonyl (C=O) groups is 4. The van der Waals surface area contributed by atoms with Crippen LogP contribution in [0, 0.1) is 5.92 Å². The second-order valence-electron chi connectivity index (χ2n) is 8.32. The Hall–Kier alpha value is -2.32. The van der Waals surface area contributed by atoms with Gasteiger partial charge in [-0.1, -0.05) is 46.0 Å². The molecule has 2 aliphatic heterocycles. The van der Waals surface area contributed by atoms with Crippen LogP contribution in [-0.4, -0.2) is 45.8 Å². The van der Waals surface area contributed by atoms with Gasteiger partial charge >= 0.3 is 23.9 Å². The number of unbranched alkanes of at least 4 members (excludes halogenated alkanes) is 3. The first-order valence-corrected chi connectivity index (χ1v) is 10.6. The molecule has 3 unspecified atom stereocenters. The molecule has 0 spiro atoms. The van der Waals surface area contributed by atoms with E-state index >= 15 is 0 Å². The van der Waals surface area contributed by atoms with Gasteiger partial charge in [0.25, 0.3) is 0 Å². The summed E-state index contributed by atoms with van der Waals surface area (Å²) in [5.41, 5.74) is -2.05. The van der Waals surface area contributed by atoms with Crippen LogP contribution in [0.25, 0.3) is 0 Å². The molecular formula is C22H28O8. The molecule has 3 rings (SSSR count). The minimum absolute atomic E-state index is 0.0288.